The highest BCUT2D eigenvalue weighted by molar-refractivity contribution is 6.60. The van der Waals surface area contributed by atoms with E-state index in [1.54, 1.807) is 0 Å². The van der Waals surface area contributed by atoms with E-state index in [2.05, 4.69) is 27.7 Å². The fraction of sp³-hybridized carbons (Fsp3) is 1.00. The molecule has 0 heterocycles. The molecule has 0 unspecified atom stereocenters. The van der Waals surface area contributed by atoms with Crippen LogP contribution in [-0.4, -0.2) is 28.6 Å². The molecule has 3 nitrogen and oxygen atoms in total. The van der Waals surface area contributed by atoms with Crippen LogP contribution in [0.4, 0.5) is 0 Å². The molecule has 0 saturated carbocycles. The van der Waals surface area contributed by atoms with Crippen LogP contribution in [0.25, 0.3) is 0 Å². The first-order valence-electron chi connectivity index (χ1n) is 9.16. The van der Waals surface area contributed by atoms with Crippen LogP contribution in [0, 0.1) is 0 Å². The van der Waals surface area contributed by atoms with Crippen molar-refractivity contribution in [2.75, 3.05) is 19.8 Å². The van der Waals surface area contributed by atoms with Gasteiger partial charge >= 0.3 is 8.80 Å². The molecule has 0 spiro atoms. The van der Waals surface area contributed by atoms with Crippen molar-refractivity contribution in [3.8, 4) is 0 Å². The van der Waals surface area contributed by atoms with Crippen LogP contribution in [-0.2, 0) is 13.3 Å². The van der Waals surface area contributed by atoms with Gasteiger partial charge in [0.1, 0.15) is 0 Å². The van der Waals surface area contributed by atoms with E-state index < -0.39 is 8.80 Å². The van der Waals surface area contributed by atoms with Crippen LogP contribution in [0.1, 0.15) is 85.5 Å². The SMILES string of the molecule is CCCCCO[Si](CC)(OCCCCC)OCCCCC. The normalized spacial score (nSPS) is 12.0. The van der Waals surface area contributed by atoms with Gasteiger partial charge in [0.2, 0.25) is 0 Å². The van der Waals surface area contributed by atoms with Gasteiger partial charge in [0.25, 0.3) is 0 Å². The summed E-state index contributed by atoms with van der Waals surface area (Å²) in [6, 6.07) is 0.886. The highest BCUT2D eigenvalue weighted by Crippen LogP contribution is 2.18. The van der Waals surface area contributed by atoms with E-state index in [0.717, 1.165) is 45.1 Å². The number of rotatable bonds is 16. The molecular weight excluding hydrogens is 280 g/mol. The molecule has 0 atom stereocenters. The Kier molecular flexibility index (Phi) is 15.1. The smallest absolute Gasteiger partial charge is 0.373 e. The Hall–Kier alpha value is 0.0969. The molecule has 0 aromatic rings. The zero-order valence-corrected chi connectivity index (χ0v) is 15.9. The molecule has 0 aliphatic carbocycles. The second-order valence-corrected chi connectivity index (χ2v) is 8.64. The van der Waals surface area contributed by atoms with Crippen molar-refractivity contribution in [1.29, 1.82) is 0 Å². The molecule has 0 N–H and O–H groups in total. The standard InChI is InChI=1S/C17H38O3Si/c1-5-9-12-15-18-21(8-4,19-16-13-10-6-2)20-17-14-11-7-3/h5-17H2,1-4H3. The molecule has 0 aromatic heterocycles. The first kappa shape index (κ1) is 21.1. The van der Waals surface area contributed by atoms with Crippen LogP contribution in [0.3, 0.4) is 0 Å². The van der Waals surface area contributed by atoms with Crippen molar-refractivity contribution in [2.24, 2.45) is 0 Å². The lowest BCUT2D eigenvalue weighted by Gasteiger charge is -2.29. The highest BCUT2D eigenvalue weighted by atomic mass is 28.4. The monoisotopic (exact) mass is 318 g/mol. The van der Waals surface area contributed by atoms with Crippen molar-refractivity contribution >= 4 is 8.80 Å². The van der Waals surface area contributed by atoms with Gasteiger partial charge in [-0.1, -0.05) is 66.2 Å². The maximum absolute atomic E-state index is 6.14. The summed E-state index contributed by atoms with van der Waals surface area (Å²) in [4.78, 5) is 0. The lowest BCUT2D eigenvalue weighted by atomic mass is 10.3. The zero-order chi connectivity index (χ0) is 15.8. The van der Waals surface area contributed by atoms with E-state index in [9.17, 15) is 0 Å². The summed E-state index contributed by atoms with van der Waals surface area (Å²) in [5.74, 6) is 0. The van der Waals surface area contributed by atoms with Crippen LogP contribution in [0.15, 0.2) is 0 Å². The van der Waals surface area contributed by atoms with E-state index >= 15 is 0 Å². The minimum Gasteiger partial charge on any atom is -0.373 e. The second-order valence-electron chi connectivity index (χ2n) is 5.70. The average Bonchev–Trinajstić information content (AvgIpc) is 2.51. The van der Waals surface area contributed by atoms with Gasteiger partial charge in [-0.05, 0) is 19.3 Å². The molecule has 21 heavy (non-hydrogen) atoms. The van der Waals surface area contributed by atoms with Gasteiger partial charge < -0.3 is 13.3 Å². The highest BCUT2D eigenvalue weighted by Gasteiger charge is 2.38. The van der Waals surface area contributed by atoms with Gasteiger partial charge in [0.05, 0.1) is 0 Å². The largest absolute Gasteiger partial charge is 0.500 e. The minimum atomic E-state index is -2.42. The molecule has 128 valence electrons. The van der Waals surface area contributed by atoms with Crippen LogP contribution in [0.5, 0.6) is 0 Å². The molecule has 0 bridgehead atoms. The van der Waals surface area contributed by atoms with E-state index in [1.807, 2.05) is 0 Å². The van der Waals surface area contributed by atoms with Crippen molar-refractivity contribution < 1.29 is 13.3 Å². The molecule has 4 heteroatoms. The summed E-state index contributed by atoms with van der Waals surface area (Å²) in [7, 11) is -2.42. The third-order valence-electron chi connectivity index (χ3n) is 3.64. The molecule has 0 amide bonds. The minimum absolute atomic E-state index is 0.787. The Labute approximate surface area is 134 Å². The van der Waals surface area contributed by atoms with Gasteiger partial charge in [-0.25, -0.2) is 0 Å². The van der Waals surface area contributed by atoms with E-state index in [1.165, 1.54) is 38.5 Å². The van der Waals surface area contributed by atoms with Gasteiger partial charge in [0, 0.05) is 25.9 Å². The third kappa shape index (κ3) is 11.3. The maximum Gasteiger partial charge on any atom is 0.500 e. The molecule has 0 radical (unpaired) electrons. The quantitative estimate of drug-likeness (QED) is 0.275. The van der Waals surface area contributed by atoms with Gasteiger partial charge in [-0.3, -0.25) is 0 Å². The molecule has 0 rings (SSSR count). The lowest BCUT2D eigenvalue weighted by Crippen LogP contribution is -2.46. The third-order valence-corrected chi connectivity index (χ3v) is 6.44. The van der Waals surface area contributed by atoms with Crippen molar-refractivity contribution in [3.63, 3.8) is 0 Å². The van der Waals surface area contributed by atoms with Crippen molar-refractivity contribution in [1.82, 2.24) is 0 Å². The van der Waals surface area contributed by atoms with Crippen LogP contribution in [0.2, 0.25) is 6.04 Å². The first-order valence-corrected chi connectivity index (χ1v) is 11.1. The Bertz CT molecular complexity index is 181. The second kappa shape index (κ2) is 15.0. The number of unbranched alkanes of at least 4 members (excludes halogenated alkanes) is 6. The predicted octanol–water partition coefficient (Wildman–Crippen LogP) is 5.57. The summed E-state index contributed by atoms with van der Waals surface area (Å²) >= 11 is 0. The van der Waals surface area contributed by atoms with E-state index in [0.29, 0.717) is 0 Å². The summed E-state index contributed by atoms with van der Waals surface area (Å²) in [6.07, 6.45) is 10.7. The maximum atomic E-state index is 6.14. The van der Waals surface area contributed by atoms with Gasteiger partial charge in [0.15, 0.2) is 0 Å². The summed E-state index contributed by atoms with van der Waals surface area (Å²) < 4.78 is 18.4. The van der Waals surface area contributed by atoms with Gasteiger partial charge in [-0.2, -0.15) is 0 Å². The molecule has 0 fully saturated rings. The molecular formula is C17H38O3Si. The van der Waals surface area contributed by atoms with Crippen molar-refractivity contribution in [2.45, 2.75) is 91.5 Å². The summed E-state index contributed by atoms with van der Waals surface area (Å²) in [6.45, 7) is 11.2. The molecule has 0 aromatic carbocycles. The van der Waals surface area contributed by atoms with Crippen LogP contribution >= 0.6 is 0 Å². The molecule has 0 saturated heterocycles. The topological polar surface area (TPSA) is 27.7 Å². The average molecular weight is 319 g/mol. The predicted molar refractivity (Wildman–Crippen MR) is 92.7 cm³/mol. The number of hydrogen-bond acceptors (Lipinski definition) is 3. The fourth-order valence-corrected chi connectivity index (χ4v) is 4.40. The van der Waals surface area contributed by atoms with Crippen LogP contribution < -0.4 is 0 Å². The zero-order valence-electron chi connectivity index (χ0n) is 14.9. The Morgan fingerprint density at radius 3 is 1.10 bits per heavy atom. The Morgan fingerprint density at radius 1 is 0.524 bits per heavy atom. The first-order chi connectivity index (χ1) is 10.2. The van der Waals surface area contributed by atoms with Crippen molar-refractivity contribution in [3.05, 3.63) is 0 Å². The van der Waals surface area contributed by atoms with Gasteiger partial charge in [-0.15, -0.1) is 0 Å². The number of hydrogen-bond donors (Lipinski definition) is 0. The van der Waals surface area contributed by atoms with E-state index in [4.69, 9.17) is 13.3 Å². The fourth-order valence-electron chi connectivity index (χ4n) is 2.17. The summed E-state index contributed by atoms with van der Waals surface area (Å²) in [5.41, 5.74) is 0. The molecule has 0 aliphatic heterocycles. The Morgan fingerprint density at radius 2 is 0.857 bits per heavy atom. The Balaban J connectivity index is 4.22. The van der Waals surface area contributed by atoms with E-state index in [-0.39, 0.29) is 0 Å². The molecule has 0 aliphatic rings. The lowest BCUT2D eigenvalue weighted by molar-refractivity contribution is 0.0566. The summed E-state index contributed by atoms with van der Waals surface area (Å²) in [5, 5.41) is 0.